The summed E-state index contributed by atoms with van der Waals surface area (Å²) >= 11 is 13.1. The quantitative estimate of drug-likeness (QED) is 0.456. The predicted molar refractivity (Wildman–Crippen MR) is 108 cm³/mol. The molecule has 1 heterocycles. The van der Waals surface area contributed by atoms with Gasteiger partial charge in [-0.05, 0) is 46.7 Å². The summed E-state index contributed by atoms with van der Waals surface area (Å²) in [6, 6.07) is 6.48. The molecule has 0 unspecified atom stereocenters. The highest BCUT2D eigenvalue weighted by atomic mass is 35.5. The van der Waals surface area contributed by atoms with Crippen molar-refractivity contribution < 1.29 is 17.9 Å². The molecule has 0 amide bonds. The Hall–Kier alpha value is -1.85. The fourth-order valence-corrected chi connectivity index (χ4v) is 4.18. The smallest absolute Gasteiger partial charge is 0.406 e. The van der Waals surface area contributed by atoms with E-state index in [1.165, 1.54) is 12.1 Å². The zero-order chi connectivity index (χ0) is 20.9. The number of fused-ring (bicyclic) bond motifs is 1. The summed E-state index contributed by atoms with van der Waals surface area (Å²) in [6.07, 6.45) is -2.50. The number of aromatic amines is 1. The topological polar surface area (TPSA) is 25.0 Å². The third-order valence-electron chi connectivity index (χ3n) is 4.63. The van der Waals surface area contributed by atoms with Crippen LogP contribution in [0.25, 0.3) is 10.9 Å². The lowest BCUT2D eigenvalue weighted by Gasteiger charge is -2.23. The first-order chi connectivity index (χ1) is 12.9. The Labute approximate surface area is 171 Å². The predicted octanol–water partition coefficient (Wildman–Crippen LogP) is 7.57. The van der Waals surface area contributed by atoms with Gasteiger partial charge in [0, 0.05) is 39.6 Å². The van der Waals surface area contributed by atoms with Crippen LogP contribution in [-0.2, 0) is 11.8 Å². The molecule has 0 aliphatic rings. The fraction of sp³-hybridized carbons (Fsp3) is 0.333. The largest absolute Gasteiger partial charge is 0.573 e. The first kappa shape index (κ1) is 20.9. The molecule has 7 heteroatoms. The second kappa shape index (κ2) is 7.20. The van der Waals surface area contributed by atoms with Gasteiger partial charge in [0.15, 0.2) is 0 Å². The van der Waals surface area contributed by atoms with Gasteiger partial charge in [-0.15, -0.1) is 13.2 Å². The highest BCUT2D eigenvalue weighted by Gasteiger charge is 2.31. The monoisotopic (exact) mass is 429 g/mol. The van der Waals surface area contributed by atoms with Crippen LogP contribution in [0.5, 0.6) is 5.75 Å². The molecule has 1 aromatic heterocycles. The molecule has 0 bridgehead atoms. The van der Waals surface area contributed by atoms with E-state index in [0.29, 0.717) is 27.5 Å². The van der Waals surface area contributed by atoms with Gasteiger partial charge in [0.2, 0.25) is 0 Å². The van der Waals surface area contributed by atoms with Crippen molar-refractivity contribution in [2.75, 3.05) is 0 Å². The molecule has 0 aliphatic heterocycles. The number of alkyl halides is 3. The standard InChI is InChI=1S/C21H20Cl2F3NO/c1-11-7-13(28-21(24,25)26)9-17-18(11)12(10-27-17)8-14-16(22)6-5-15(19(14)23)20(2,3)4/h5-7,9-10,27H,8H2,1-4H3. The van der Waals surface area contributed by atoms with E-state index < -0.39 is 6.36 Å². The van der Waals surface area contributed by atoms with E-state index >= 15 is 0 Å². The third kappa shape index (κ3) is 4.26. The number of hydrogen-bond acceptors (Lipinski definition) is 1. The van der Waals surface area contributed by atoms with Crippen LogP contribution >= 0.6 is 23.2 Å². The second-order valence-corrected chi connectivity index (χ2v) is 8.62. The first-order valence-electron chi connectivity index (χ1n) is 8.70. The molecule has 28 heavy (non-hydrogen) atoms. The molecule has 2 nitrogen and oxygen atoms in total. The number of benzene rings is 2. The van der Waals surface area contributed by atoms with Crippen LogP contribution in [0.4, 0.5) is 13.2 Å². The lowest BCUT2D eigenvalue weighted by molar-refractivity contribution is -0.274. The summed E-state index contributed by atoms with van der Waals surface area (Å²) in [5.41, 5.74) is 3.79. The first-order valence-corrected chi connectivity index (χ1v) is 9.46. The van der Waals surface area contributed by atoms with Crippen molar-refractivity contribution in [3.63, 3.8) is 0 Å². The van der Waals surface area contributed by atoms with Crippen LogP contribution in [0.3, 0.4) is 0 Å². The Balaban J connectivity index is 2.05. The van der Waals surface area contributed by atoms with Gasteiger partial charge in [0.1, 0.15) is 5.75 Å². The van der Waals surface area contributed by atoms with Gasteiger partial charge in [-0.25, -0.2) is 0 Å². The van der Waals surface area contributed by atoms with E-state index in [4.69, 9.17) is 23.2 Å². The molecular weight excluding hydrogens is 410 g/mol. The molecule has 2 aromatic carbocycles. The summed E-state index contributed by atoms with van der Waals surface area (Å²) in [6.45, 7) is 7.97. The van der Waals surface area contributed by atoms with Crippen LogP contribution in [0.1, 0.15) is 43.0 Å². The van der Waals surface area contributed by atoms with Crippen LogP contribution in [-0.4, -0.2) is 11.3 Å². The minimum absolute atomic E-state index is 0.142. The summed E-state index contributed by atoms with van der Waals surface area (Å²) in [5.74, 6) is -0.253. The number of aryl methyl sites for hydroxylation is 1. The molecule has 0 saturated carbocycles. The lowest BCUT2D eigenvalue weighted by atomic mass is 9.85. The fourth-order valence-electron chi connectivity index (χ4n) is 3.39. The highest BCUT2D eigenvalue weighted by Crippen LogP contribution is 2.38. The molecule has 0 saturated heterocycles. The van der Waals surface area contributed by atoms with Crippen molar-refractivity contribution in [3.8, 4) is 5.75 Å². The van der Waals surface area contributed by atoms with Crippen molar-refractivity contribution in [3.05, 3.63) is 62.8 Å². The Morgan fingerprint density at radius 3 is 2.36 bits per heavy atom. The summed E-state index contributed by atoms with van der Waals surface area (Å²) in [4.78, 5) is 3.03. The lowest BCUT2D eigenvalue weighted by Crippen LogP contribution is -2.17. The number of ether oxygens (including phenoxy) is 1. The maximum Gasteiger partial charge on any atom is 0.573 e. The highest BCUT2D eigenvalue weighted by molar-refractivity contribution is 6.36. The molecule has 3 rings (SSSR count). The van der Waals surface area contributed by atoms with E-state index in [0.717, 1.165) is 22.1 Å². The number of H-pyrrole nitrogens is 1. The van der Waals surface area contributed by atoms with Crippen molar-refractivity contribution in [2.45, 2.75) is 45.9 Å². The molecule has 0 fully saturated rings. The Kier molecular flexibility index (Phi) is 5.36. The van der Waals surface area contributed by atoms with Gasteiger partial charge >= 0.3 is 6.36 Å². The van der Waals surface area contributed by atoms with Crippen molar-refractivity contribution in [2.24, 2.45) is 0 Å². The van der Waals surface area contributed by atoms with E-state index in [9.17, 15) is 13.2 Å². The van der Waals surface area contributed by atoms with Crippen LogP contribution in [0, 0.1) is 6.92 Å². The maximum absolute atomic E-state index is 12.5. The van der Waals surface area contributed by atoms with E-state index in [1.54, 1.807) is 13.1 Å². The number of aromatic nitrogens is 1. The average molecular weight is 430 g/mol. The minimum Gasteiger partial charge on any atom is -0.406 e. The molecule has 0 aliphatic carbocycles. The third-order valence-corrected chi connectivity index (χ3v) is 5.41. The molecular formula is C21H20Cl2F3NO. The zero-order valence-corrected chi connectivity index (χ0v) is 17.4. The Morgan fingerprint density at radius 1 is 1.07 bits per heavy atom. The number of nitrogens with one attached hydrogen (secondary N) is 1. The average Bonchev–Trinajstić information content (AvgIpc) is 2.91. The number of hydrogen-bond donors (Lipinski definition) is 1. The van der Waals surface area contributed by atoms with E-state index in [2.05, 4.69) is 30.5 Å². The van der Waals surface area contributed by atoms with Crippen LogP contribution in [0.15, 0.2) is 30.5 Å². The van der Waals surface area contributed by atoms with Gasteiger partial charge in [-0.3, -0.25) is 0 Å². The summed E-state index contributed by atoms with van der Waals surface area (Å²) in [7, 11) is 0. The molecule has 0 radical (unpaired) electrons. The van der Waals surface area contributed by atoms with Gasteiger partial charge in [0.05, 0.1) is 0 Å². The van der Waals surface area contributed by atoms with Gasteiger partial charge in [0.25, 0.3) is 0 Å². The molecule has 1 N–H and O–H groups in total. The Morgan fingerprint density at radius 2 is 1.75 bits per heavy atom. The van der Waals surface area contributed by atoms with Crippen molar-refractivity contribution in [1.82, 2.24) is 4.98 Å². The van der Waals surface area contributed by atoms with Gasteiger partial charge < -0.3 is 9.72 Å². The summed E-state index contributed by atoms with van der Waals surface area (Å²) in [5, 5.41) is 2.01. The SMILES string of the molecule is Cc1cc(OC(F)(F)F)cc2[nH]cc(Cc3c(Cl)ccc(C(C)(C)C)c3Cl)c12. The van der Waals surface area contributed by atoms with Crippen LogP contribution in [0.2, 0.25) is 10.0 Å². The van der Waals surface area contributed by atoms with Crippen molar-refractivity contribution in [1.29, 1.82) is 0 Å². The van der Waals surface area contributed by atoms with E-state index in [-0.39, 0.29) is 11.2 Å². The Bertz CT molecular complexity index is 1030. The summed E-state index contributed by atoms with van der Waals surface area (Å²) < 4.78 is 41.6. The molecule has 0 spiro atoms. The number of rotatable bonds is 3. The molecule has 0 atom stereocenters. The van der Waals surface area contributed by atoms with Crippen molar-refractivity contribution >= 4 is 34.1 Å². The minimum atomic E-state index is -4.73. The zero-order valence-electron chi connectivity index (χ0n) is 15.9. The normalized spacial score (nSPS) is 12.6. The second-order valence-electron chi connectivity index (χ2n) is 7.84. The van der Waals surface area contributed by atoms with Crippen LogP contribution < -0.4 is 4.74 Å². The van der Waals surface area contributed by atoms with Gasteiger partial charge in [-0.1, -0.05) is 50.0 Å². The number of halogens is 5. The van der Waals surface area contributed by atoms with E-state index in [1.807, 2.05) is 12.1 Å². The maximum atomic E-state index is 12.5. The molecule has 3 aromatic rings. The van der Waals surface area contributed by atoms with Gasteiger partial charge in [-0.2, -0.15) is 0 Å². The molecule has 150 valence electrons.